The minimum atomic E-state index is -4.76. The first-order valence-electron chi connectivity index (χ1n) is 9.46. The number of para-hydroxylation sites is 1. The van der Waals surface area contributed by atoms with Gasteiger partial charge in [0.2, 0.25) is 0 Å². The fraction of sp³-hybridized carbons (Fsp3) is 0.300. The molecule has 0 saturated heterocycles. The second kappa shape index (κ2) is 8.62. The SMILES string of the molecule is CCN1C(=O)C(NC(=O)/C(N)=C/C=N/C(F)(F)F)Cc2c(C)nn(-c3ccccc3)c21. The van der Waals surface area contributed by atoms with Crippen LogP contribution in [-0.2, 0) is 16.0 Å². The Morgan fingerprint density at radius 1 is 1.35 bits per heavy atom. The molecule has 0 radical (unpaired) electrons. The van der Waals surface area contributed by atoms with Crippen molar-refractivity contribution in [3.05, 3.63) is 53.4 Å². The van der Waals surface area contributed by atoms with Crippen molar-refractivity contribution in [3.63, 3.8) is 0 Å². The van der Waals surface area contributed by atoms with E-state index in [2.05, 4.69) is 15.4 Å². The summed E-state index contributed by atoms with van der Waals surface area (Å²) in [6, 6.07) is 8.40. The van der Waals surface area contributed by atoms with Gasteiger partial charge in [0.05, 0.1) is 17.1 Å². The van der Waals surface area contributed by atoms with E-state index in [1.807, 2.05) is 37.3 Å². The first kappa shape index (κ1) is 22.1. The van der Waals surface area contributed by atoms with Gasteiger partial charge in [0.1, 0.15) is 11.9 Å². The molecule has 2 amide bonds. The summed E-state index contributed by atoms with van der Waals surface area (Å²) in [4.78, 5) is 29.1. The molecule has 1 aromatic carbocycles. The lowest BCUT2D eigenvalue weighted by atomic mass is 9.99. The number of halogens is 3. The number of nitrogens with zero attached hydrogens (tertiary/aromatic N) is 4. The van der Waals surface area contributed by atoms with Crippen molar-refractivity contribution in [2.24, 2.45) is 10.7 Å². The molecular formula is C20H21F3N6O2. The van der Waals surface area contributed by atoms with E-state index in [0.29, 0.717) is 24.3 Å². The van der Waals surface area contributed by atoms with Gasteiger partial charge in [0.15, 0.2) is 0 Å². The molecule has 0 bridgehead atoms. The number of anilines is 1. The molecule has 8 nitrogen and oxygen atoms in total. The molecule has 164 valence electrons. The van der Waals surface area contributed by atoms with Crippen molar-refractivity contribution in [1.29, 1.82) is 0 Å². The van der Waals surface area contributed by atoms with Crippen molar-refractivity contribution >= 4 is 23.8 Å². The van der Waals surface area contributed by atoms with Gasteiger partial charge in [-0.2, -0.15) is 10.1 Å². The lowest BCUT2D eigenvalue weighted by Gasteiger charge is -2.32. The van der Waals surface area contributed by atoms with Gasteiger partial charge in [-0.3, -0.25) is 14.5 Å². The number of allylic oxidation sites excluding steroid dienone is 1. The van der Waals surface area contributed by atoms with E-state index < -0.39 is 23.9 Å². The highest BCUT2D eigenvalue weighted by molar-refractivity contribution is 6.04. The highest BCUT2D eigenvalue weighted by Gasteiger charge is 2.37. The zero-order valence-corrected chi connectivity index (χ0v) is 16.8. The van der Waals surface area contributed by atoms with Crippen molar-refractivity contribution in [2.75, 3.05) is 11.4 Å². The molecule has 0 spiro atoms. The summed E-state index contributed by atoms with van der Waals surface area (Å²) in [6.45, 7) is 3.94. The Hall–Kier alpha value is -3.63. The van der Waals surface area contributed by atoms with Gasteiger partial charge in [0.25, 0.3) is 11.8 Å². The number of aromatic nitrogens is 2. The summed E-state index contributed by atoms with van der Waals surface area (Å²) in [5.41, 5.74) is 7.31. The van der Waals surface area contributed by atoms with Gasteiger partial charge in [-0.25, -0.2) is 4.68 Å². The average Bonchev–Trinajstić information content (AvgIpc) is 3.04. The molecule has 3 N–H and O–H groups in total. The number of likely N-dealkylation sites (N-methyl/N-ethyl adjacent to an activating group) is 1. The molecule has 2 aromatic rings. The van der Waals surface area contributed by atoms with Crippen LogP contribution in [0.25, 0.3) is 5.69 Å². The lowest BCUT2D eigenvalue weighted by Crippen LogP contribution is -2.54. The Labute approximate surface area is 176 Å². The number of benzene rings is 1. The minimum absolute atomic E-state index is 0.180. The Kier molecular flexibility index (Phi) is 6.14. The quantitative estimate of drug-likeness (QED) is 0.427. The Balaban J connectivity index is 1.87. The number of alkyl halides is 3. The lowest BCUT2D eigenvalue weighted by molar-refractivity contribution is -0.126. The predicted molar refractivity (Wildman–Crippen MR) is 109 cm³/mol. The van der Waals surface area contributed by atoms with E-state index in [9.17, 15) is 22.8 Å². The Bertz CT molecular complexity index is 1040. The monoisotopic (exact) mass is 434 g/mol. The van der Waals surface area contributed by atoms with Crippen LogP contribution in [0.5, 0.6) is 0 Å². The minimum Gasteiger partial charge on any atom is -0.394 e. The summed E-state index contributed by atoms with van der Waals surface area (Å²) in [5.74, 6) is -0.598. The number of carbonyl (C=O) groups is 2. The number of aliphatic imine (C=N–C) groups is 1. The van der Waals surface area contributed by atoms with Gasteiger partial charge < -0.3 is 11.1 Å². The fourth-order valence-corrected chi connectivity index (χ4v) is 3.33. The highest BCUT2D eigenvalue weighted by Crippen LogP contribution is 2.32. The van der Waals surface area contributed by atoms with Gasteiger partial charge in [-0.1, -0.05) is 18.2 Å². The third-order valence-electron chi connectivity index (χ3n) is 4.74. The van der Waals surface area contributed by atoms with E-state index in [1.165, 1.54) is 4.90 Å². The van der Waals surface area contributed by atoms with Crippen LogP contribution >= 0.6 is 0 Å². The van der Waals surface area contributed by atoms with Crippen LogP contribution in [0.1, 0.15) is 18.2 Å². The molecule has 1 aliphatic heterocycles. The second-order valence-corrected chi connectivity index (χ2v) is 6.82. The molecule has 2 heterocycles. The van der Waals surface area contributed by atoms with Crippen LogP contribution in [0, 0.1) is 6.92 Å². The molecule has 1 unspecified atom stereocenters. The van der Waals surface area contributed by atoms with Gasteiger partial charge in [-0.15, -0.1) is 13.2 Å². The third kappa shape index (κ3) is 4.76. The zero-order chi connectivity index (χ0) is 22.8. The number of hydrogen-bond acceptors (Lipinski definition) is 5. The van der Waals surface area contributed by atoms with Crippen molar-refractivity contribution in [2.45, 2.75) is 32.6 Å². The molecular weight excluding hydrogens is 413 g/mol. The number of fused-ring (bicyclic) bond motifs is 1. The molecule has 0 saturated carbocycles. The number of nitrogens with two attached hydrogens (primary N) is 1. The zero-order valence-electron chi connectivity index (χ0n) is 16.8. The number of amides is 2. The molecule has 1 aliphatic rings. The molecule has 0 aliphatic carbocycles. The van der Waals surface area contributed by atoms with Gasteiger partial charge in [0, 0.05) is 24.7 Å². The maximum absolute atomic E-state index is 13.1. The van der Waals surface area contributed by atoms with E-state index in [1.54, 1.807) is 11.6 Å². The topological polar surface area (TPSA) is 106 Å². The van der Waals surface area contributed by atoms with Crippen LogP contribution < -0.4 is 16.0 Å². The first-order valence-corrected chi connectivity index (χ1v) is 9.46. The summed E-state index contributed by atoms with van der Waals surface area (Å²) < 4.78 is 38.0. The van der Waals surface area contributed by atoms with E-state index in [-0.39, 0.29) is 12.3 Å². The predicted octanol–water partition coefficient (Wildman–Crippen LogP) is 2.01. The number of hydrogen-bond donors (Lipinski definition) is 2. The van der Waals surface area contributed by atoms with Crippen molar-refractivity contribution in [3.8, 4) is 5.69 Å². The third-order valence-corrected chi connectivity index (χ3v) is 4.74. The average molecular weight is 434 g/mol. The van der Waals surface area contributed by atoms with Crippen LogP contribution in [0.15, 0.2) is 47.1 Å². The molecule has 31 heavy (non-hydrogen) atoms. The van der Waals surface area contributed by atoms with E-state index >= 15 is 0 Å². The molecule has 0 fully saturated rings. The van der Waals surface area contributed by atoms with Crippen LogP contribution in [0.3, 0.4) is 0 Å². The van der Waals surface area contributed by atoms with Gasteiger partial charge in [-0.05, 0) is 32.1 Å². The Morgan fingerprint density at radius 3 is 2.65 bits per heavy atom. The van der Waals surface area contributed by atoms with Crippen molar-refractivity contribution in [1.82, 2.24) is 15.1 Å². The van der Waals surface area contributed by atoms with Crippen LogP contribution in [0.2, 0.25) is 0 Å². The molecule has 1 atom stereocenters. The number of carbonyl (C=O) groups excluding carboxylic acids is 2. The highest BCUT2D eigenvalue weighted by atomic mass is 19.4. The van der Waals surface area contributed by atoms with Crippen LogP contribution in [-0.4, -0.2) is 46.7 Å². The van der Waals surface area contributed by atoms with Crippen LogP contribution in [0.4, 0.5) is 19.0 Å². The first-order chi connectivity index (χ1) is 14.6. The Morgan fingerprint density at radius 2 is 2.03 bits per heavy atom. The summed E-state index contributed by atoms with van der Waals surface area (Å²) >= 11 is 0. The fourth-order valence-electron chi connectivity index (χ4n) is 3.33. The second-order valence-electron chi connectivity index (χ2n) is 6.82. The largest absolute Gasteiger partial charge is 0.503 e. The molecule has 3 rings (SSSR count). The molecule has 1 aromatic heterocycles. The number of rotatable bonds is 5. The smallest absolute Gasteiger partial charge is 0.394 e. The van der Waals surface area contributed by atoms with Gasteiger partial charge >= 0.3 is 6.30 Å². The van der Waals surface area contributed by atoms with E-state index in [4.69, 9.17) is 5.73 Å². The number of nitrogens with one attached hydrogen (secondary N) is 1. The standard InChI is InChI=1S/C20H21F3N6O2/c1-3-28-18-14(12(2)27-29(18)13-7-5-4-6-8-13)11-16(19(28)31)26-17(30)15(24)9-10-25-20(21,22)23/h4-10,16H,3,11,24H2,1-2H3,(H,26,30)/b15-9-,25-10+. The summed E-state index contributed by atoms with van der Waals surface area (Å²) in [7, 11) is 0. The van der Waals surface area contributed by atoms with E-state index in [0.717, 1.165) is 17.3 Å². The summed E-state index contributed by atoms with van der Waals surface area (Å²) in [5, 5.41) is 7.05. The maximum atomic E-state index is 13.1. The molecule has 11 heteroatoms. The van der Waals surface area contributed by atoms with Crippen molar-refractivity contribution < 1.29 is 22.8 Å². The maximum Gasteiger partial charge on any atom is 0.503 e. The summed E-state index contributed by atoms with van der Waals surface area (Å²) in [6.07, 6.45) is -3.46. The number of aryl methyl sites for hydroxylation is 1. The normalized spacial score (nSPS) is 17.2.